The minimum Gasteiger partial charge on any atom is -0.101 e. The molecule has 0 aliphatic rings. The molecule has 0 aromatic heterocycles. The summed E-state index contributed by atoms with van der Waals surface area (Å²) in [6.45, 7) is 10.5. The average molecular weight is 172 g/mol. The summed E-state index contributed by atoms with van der Waals surface area (Å²) in [5.41, 5.74) is 6.53. The summed E-state index contributed by atoms with van der Waals surface area (Å²) in [6, 6.07) is 2.21. The maximum Gasteiger partial charge on any atom is 0.0306 e. The van der Waals surface area contributed by atoms with Crippen molar-refractivity contribution in [1.82, 2.24) is 0 Å². The fourth-order valence-electron chi connectivity index (χ4n) is 1.60. The number of hydrogen-bond acceptors (Lipinski definition) is 0. The molecule has 0 saturated heterocycles. The molecule has 0 aliphatic heterocycles. The molecule has 68 valence electrons. The summed E-state index contributed by atoms with van der Waals surface area (Å²) in [7, 11) is 0. The molecule has 0 aliphatic carbocycles. The van der Waals surface area contributed by atoms with Gasteiger partial charge >= 0.3 is 0 Å². The molecule has 0 heteroatoms. The molecule has 0 bridgehead atoms. The Hall–Kier alpha value is -1.22. The van der Waals surface area contributed by atoms with Crippen LogP contribution >= 0.6 is 0 Å². The van der Waals surface area contributed by atoms with Crippen molar-refractivity contribution in [3.05, 3.63) is 33.9 Å². The van der Waals surface area contributed by atoms with Gasteiger partial charge in [-0.3, -0.25) is 0 Å². The molecule has 0 atom stereocenters. The third kappa shape index (κ3) is 1.75. The van der Waals surface area contributed by atoms with Gasteiger partial charge < -0.3 is 0 Å². The van der Waals surface area contributed by atoms with Gasteiger partial charge in [0.05, 0.1) is 0 Å². The van der Waals surface area contributed by atoms with Gasteiger partial charge in [-0.05, 0) is 56.9 Å². The number of aryl methyl sites for hydroxylation is 2. The fraction of sp³-hybridized carbons (Fsp3) is 0.385. The number of rotatable bonds is 0. The highest BCUT2D eigenvalue weighted by Crippen LogP contribution is 2.20. The van der Waals surface area contributed by atoms with Crippen LogP contribution in [0, 0.1) is 39.5 Å². The molecule has 0 radical (unpaired) electrons. The first-order valence-corrected chi connectivity index (χ1v) is 4.58. The lowest BCUT2D eigenvalue weighted by Crippen LogP contribution is -1.94. The summed E-state index contributed by atoms with van der Waals surface area (Å²) in [4.78, 5) is 0. The molecule has 0 N–H and O–H groups in total. The first-order chi connectivity index (χ1) is 6.07. The van der Waals surface area contributed by atoms with Crippen molar-refractivity contribution in [2.24, 2.45) is 0 Å². The molecule has 1 rings (SSSR count). The van der Waals surface area contributed by atoms with Crippen LogP contribution in [0.5, 0.6) is 0 Å². The molecule has 0 nitrogen and oxygen atoms in total. The second-order valence-electron chi connectivity index (χ2n) is 3.51. The van der Waals surface area contributed by atoms with Gasteiger partial charge in [0.2, 0.25) is 0 Å². The Labute approximate surface area is 81.0 Å². The molecule has 1 aromatic rings. The highest BCUT2D eigenvalue weighted by Gasteiger charge is 2.04. The van der Waals surface area contributed by atoms with E-state index in [-0.39, 0.29) is 0 Å². The summed E-state index contributed by atoms with van der Waals surface area (Å²) in [6.07, 6.45) is 0. The van der Waals surface area contributed by atoms with Crippen LogP contribution in [0.2, 0.25) is 0 Å². The number of hydrogen-bond donors (Lipinski definition) is 0. The Balaban J connectivity index is 3.49. The van der Waals surface area contributed by atoms with Gasteiger partial charge in [0.15, 0.2) is 0 Å². The van der Waals surface area contributed by atoms with E-state index < -0.39 is 0 Å². The molecule has 0 fully saturated rings. The monoisotopic (exact) mass is 172 g/mol. The van der Waals surface area contributed by atoms with Crippen molar-refractivity contribution >= 4 is 0 Å². The predicted octanol–water partition coefficient (Wildman–Crippen LogP) is 3.29. The first kappa shape index (κ1) is 9.86. The summed E-state index contributed by atoms with van der Waals surface area (Å²) in [5, 5.41) is 0. The Morgan fingerprint density at radius 3 is 2.08 bits per heavy atom. The zero-order valence-electron chi connectivity index (χ0n) is 9.08. The topological polar surface area (TPSA) is 0 Å². The number of benzene rings is 1. The quantitative estimate of drug-likeness (QED) is 0.527. The van der Waals surface area contributed by atoms with Crippen LogP contribution in [0.1, 0.15) is 34.7 Å². The van der Waals surface area contributed by atoms with E-state index in [1.165, 1.54) is 27.8 Å². The minimum atomic E-state index is 1.20. The smallest absolute Gasteiger partial charge is 0.0306 e. The Morgan fingerprint density at radius 1 is 0.923 bits per heavy atom. The van der Waals surface area contributed by atoms with Crippen molar-refractivity contribution < 1.29 is 0 Å². The van der Waals surface area contributed by atoms with Gasteiger partial charge in [0, 0.05) is 5.56 Å². The summed E-state index contributed by atoms with van der Waals surface area (Å²) < 4.78 is 0. The highest BCUT2D eigenvalue weighted by atomic mass is 14.1. The molecule has 0 amide bonds. The van der Waals surface area contributed by atoms with E-state index in [0.29, 0.717) is 0 Å². The van der Waals surface area contributed by atoms with Gasteiger partial charge in [0.25, 0.3) is 0 Å². The van der Waals surface area contributed by atoms with Crippen LogP contribution in [-0.4, -0.2) is 0 Å². The largest absolute Gasteiger partial charge is 0.101 e. The molecule has 0 heterocycles. The van der Waals surface area contributed by atoms with Crippen LogP contribution < -0.4 is 0 Å². The van der Waals surface area contributed by atoms with Crippen LogP contribution in [0.3, 0.4) is 0 Å². The van der Waals surface area contributed by atoms with E-state index >= 15 is 0 Å². The lowest BCUT2D eigenvalue weighted by atomic mass is 9.95. The van der Waals surface area contributed by atoms with Gasteiger partial charge in [-0.25, -0.2) is 0 Å². The standard InChI is InChI=1S/C13H16/c1-6-7-13-10(3)8-9(2)11(4)12(13)5/h8H,1-5H3. The van der Waals surface area contributed by atoms with Crippen molar-refractivity contribution in [2.75, 3.05) is 0 Å². The Kier molecular flexibility index (Phi) is 2.78. The molecule has 0 spiro atoms. The maximum atomic E-state index is 3.16. The molecule has 13 heavy (non-hydrogen) atoms. The van der Waals surface area contributed by atoms with Gasteiger partial charge in [-0.15, -0.1) is 5.92 Å². The summed E-state index contributed by atoms with van der Waals surface area (Å²) in [5.74, 6) is 6.12. The maximum absolute atomic E-state index is 3.16. The third-order valence-corrected chi connectivity index (χ3v) is 2.61. The van der Waals surface area contributed by atoms with E-state index in [4.69, 9.17) is 0 Å². The van der Waals surface area contributed by atoms with Crippen molar-refractivity contribution in [3.63, 3.8) is 0 Å². The van der Waals surface area contributed by atoms with E-state index in [0.717, 1.165) is 0 Å². The molecule has 1 aromatic carbocycles. The lowest BCUT2D eigenvalue weighted by molar-refractivity contribution is 1.22. The third-order valence-electron chi connectivity index (χ3n) is 2.61. The van der Waals surface area contributed by atoms with E-state index in [2.05, 4.69) is 45.6 Å². The van der Waals surface area contributed by atoms with Gasteiger partial charge in [-0.2, -0.15) is 0 Å². The molecular formula is C13H16. The van der Waals surface area contributed by atoms with E-state index in [1.54, 1.807) is 0 Å². The lowest BCUT2D eigenvalue weighted by Gasteiger charge is -2.10. The molecule has 0 saturated carbocycles. The van der Waals surface area contributed by atoms with Crippen molar-refractivity contribution in [1.29, 1.82) is 0 Å². The van der Waals surface area contributed by atoms with Crippen LogP contribution in [0.15, 0.2) is 6.07 Å². The minimum absolute atomic E-state index is 1.20. The zero-order valence-corrected chi connectivity index (χ0v) is 9.08. The van der Waals surface area contributed by atoms with E-state index in [9.17, 15) is 0 Å². The second kappa shape index (κ2) is 3.66. The van der Waals surface area contributed by atoms with Crippen molar-refractivity contribution in [3.8, 4) is 11.8 Å². The predicted molar refractivity (Wildman–Crippen MR) is 57.9 cm³/mol. The van der Waals surface area contributed by atoms with Gasteiger partial charge in [0.1, 0.15) is 0 Å². The Morgan fingerprint density at radius 2 is 1.54 bits per heavy atom. The first-order valence-electron chi connectivity index (χ1n) is 4.58. The van der Waals surface area contributed by atoms with Crippen molar-refractivity contribution in [2.45, 2.75) is 34.6 Å². The fourth-order valence-corrected chi connectivity index (χ4v) is 1.60. The summed E-state index contributed by atoms with van der Waals surface area (Å²) >= 11 is 0. The van der Waals surface area contributed by atoms with E-state index in [1.807, 2.05) is 6.92 Å². The Bertz CT molecular complexity index is 387. The van der Waals surface area contributed by atoms with Crippen LogP contribution in [0.25, 0.3) is 0 Å². The van der Waals surface area contributed by atoms with Gasteiger partial charge in [-0.1, -0.05) is 12.0 Å². The normalized spacial score (nSPS) is 9.31. The molecular weight excluding hydrogens is 156 g/mol. The average Bonchev–Trinajstić information content (AvgIpc) is 2.09. The zero-order chi connectivity index (χ0) is 10.0. The highest BCUT2D eigenvalue weighted by molar-refractivity contribution is 5.52. The second-order valence-corrected chi connectivity index (χ2v) is 3.51. The SMILES string of the molecule is CC#Cc1c(C)cc(C)c(C)c1C. The van der Waals surface area contributed by atoms with Crippen LogP contribution in [0.4, 0.5) is 0 Å². The molecule has 0 unspecified atom stereocenters. The van der Waals surface area contributed by atoms with Crippen LogP contribution in [-0.2, 0) is 0 Å².